The first-order valence-corrected chi connectivity index (χ1v) is 6.76. The molecule has 1 aliphatic rings. The van der Waals surface area contributed by atoms with Crippen LogP contribution in [0.1, 0.15) is 46.0 Å². The average molecular weight is 281 g/mol. The van der Waals surface area contributed by atoms with Gasteiger partial charge in [-0.3, -0.25) is 9.69 Å². The predicted molar refractivity (Wildman–Crippen MR) is 65.9 cm³/mol. The molecule has 0 saturated heterocycles. The lowest BCUT2D eigenvalue weighted by Crippen LogP contribution is -2.52. The van der Waals surface area contributed by atoms with E-state index in [4.69, 9.17) is 5.11 Å². The van der Waals surface area contributed by atoms with Crippen LogP contribution in [0.15, 0.2) is 0 Å². The molecule has 1 aliphatic carbocycles. The van der Waals surface area contributed by atoms with Crippen LogP contribution in [-0.4, -0.2) is 40.8 Å². The Hall–Kier alpha value is -0.780. The Kier molecular flexibility index (Phi) is 5.64. The third-order valence-corrected chi connectivity index (χ3v) is 3.52. The largest absolute Gasteiger partial charge is 0.481 e. The van der Waals surface area contributed by atoms with Gasteiger partial charge in [0.05, 0.1) is 6.42 Å². The van der Waals surface area contributed by atoms with Gasteiger partial charge in [0, 0.05) is 12.6 Å². The van der Waals surface area contributed by atoms with Crippen LogP contribution in [0.4, 0.5) is 13.2 Å². The number of nitrogens with zero attached hydrogens (tertiary/aromatic N) is 1. The van der Waals surface area contributed by atoms with Gasteiger partial charge in [-0.1, -0.05) is 26.7 Å². The van der Waals surface area contributed by atoms with Gasteiger partial charge in [0.2, 0.25) is 0 Å². The van der Waals surface area contributed by atoms with Crippen molar-refractivity contribution in [2.24, 2.45) is 5.92 Å². The highest BCUT2D eigenvalue weighted by molar-refractivity contribution is 5.67. The molecule has 0 bridgehead atoms. The molecule has 1 unspecified atom stereocenters. The molecule has 0 aromatic heterocycles. The molecule has 1 atom stereocenters. The molecule has 19 heavy (non-hydrogen) atoms. The molecule has 0 aromatic carbocycles. The fourth-order valence-corrected chi connectivity index (χ4v) is 2.77. The minimum atomic E-state index is -4.49. The summed E-state index contributed by atoms with van der Waals surface area (Å²) >= 11 is 0. The van der Waals surface area contributed by atoms with Crippen molar-refractivity contribution in [3.63, 3.8) is 0 Å². The molecular weight excluding hydrogens is 259 g/mol. The molecule has 0 aromatic rings. The number of carboxylic acids is 1. The number of carboxylic acid groups (broad SMARTS) is 1. The van der Waals surface area contributed by atoms with E-state index in [0.29, 0.717) is 6.54 Å². The molecule has 0 radical (unpaired) electrons. The maximum absolute atomic E-state index is 13.1. The van der Waals surface area contributed by atoms with Crippen molar-refractivity contribution >= 4 is 5.97 Å². The summed E-state index contributed by atoms with van der Waals surface area (Å²) in [7, 11) is 0. The smallest absolute Gasteiger partial charge is 0.404 e. The molecule has 0 aliphatic heterocycles. The van der Waals surface area contributed by atoms with Crippen LogP contribution >= 0.6 is 0 Å². The summed E-state index contributed by atoms with van der Waals surface area (Å²) in [6.45, 7) is 4.01. The van der Waals surface area contributed by atoms with Crippen LogP contribution in [-0.2, 0) is 4.79 Å². The summed E-state index contributed by atoms with van der Waals surface area (Å²) in [4.78, 5) is 12.1. The summed E-state index contributed by atoms with van der Waals surface area (Å²) in [6, 6.07) is -2.00. The number of hydrogen-bond donors (Lipinski definition) is 1. The highest BCUT2D eigenvalue weighted by Gasteiger charge is 2.47. The zero-order chi connectivity index (χ0) is 14.6. The van der Waals surface area contributed by atoms with Gasteiger partial charge in [0.25, 0.3) is 0 Å². The molecule has 0 spiro atoms. The second-order valence-corrected chi connectivity index (χ2v) is 5.68. The Morgan fingerprint density at radius 2 is 1.84 bits per heavy atom. The zero-order valence-corrected chi connectivity index (χ0v) is 11.4. The lowest BCUT2D eigenvalue weighted by molar-refractivity contribution is -0.197. The summed E-state index contributed by atoms with van der Waals surface area (Å²) in [5.41, 5.74) is 0. The highest BCUT2D eigenvalue weighted by Crippen LogP contribution is 2.34. The Morgan fingerprint density at radius 1 is 1.32 bits per heavy atom. The Morgan fingerprint density at radius 3 is 2.21 bits per heavy atom. The van der Waals surface area contributed by atoms with E-state index >= 15 is 0 Å². The third-order valence-electron chi connectivity index (χ3n) is 3.52. The van der Waals surface area contributed by atoms with Gasteiger partial charge in [-0.2, -0.15) is 13.2 Å². The van der Waals surface area contributed by atoms with Gasteiger partial charge < -0.3 is 5.11 Å². The number of halogens is 3. The van der Waals surface area contributed by atoms with Crippen LogP contribution in [0.3, 0.4) is 0 Å². The van der Waals surface area contributed by atoms with Gasteiger partial charge in [0.1, 0.15) is 6.04 Å². The Labute approximate surface area is 111 Å². The van der Waals surface area contributed by atoms with E-state index in [2.05, 4.69) is 0 Å². The predicted octanol–water partition coefficient (Wildman–Crippen LogP) is 3.29. The molecule has 112 valence electrons. The first-order valence-electron chi connectivity index (χ1n) is 6.76. The second-order valence-electron chi connectivity index (χ2n) is 5.68. The molecule has 1 N–H and O–H groups in total. The van der Waals surface area contributed by atoms with Gasteiger partial charge in [-0.15, -0.1) is 0 Å². The molecule has 3 nitrogen and oxygen atoms in total. The Bertz CT molecular complexity index is 299. The van der Waals surface area contributed by atoms with E-state index in [9.17, 15) is 18.0 Å². The number of aliphatic carboxylic acids is 1. The van der Waals surface area contributed by atoms with Gasteiger partial charge >= 0.3 is 12.1 Å². The van der Waals surface area contributed by atoms with Crippen LogP contribution in [0.5, 0.6) is 0 Å². The van der Waals surface area contributed by atoms with Crippen molar-refractivity contribution < 1.29 is 23.1 Å². The first-order chi connectivity index (χ1) is 8.71. The average Bonchev–Trinajstić information content (AvgIpc) is 2.74. The van der Waals surface area contributed by atoms with E-state index < -0.39 is 24.6 Å². The van der Waals surface area contributed by atoms with Gasteiger partial charge in [0.15, 0.2) is 0 Å². The molecule has 0 heterocycles. The van der Waals surface area contributed by atoms with Crippen LogP contribution < -0.4 is 0 Å². The molecule has 1 rings (SSSR count). The Balaban J connectivity index is 2.91. The summed E-state index contributed by atoms with van der Waals surface area (Å²) in [5.74, 6) is -1.31. The maximum atomic E-state index is 13.1. The fraction of sp³-hybridized carbons (Fsp3) is 0.923. The van der Waals surface area contributed by atoms with Crippen LogP contribution in [0.25, 0.3) is 0 Å². The normalized spacial score (nSPS) is 19.3. The first kappa shape index (κ1) is 16.3. The molecule has 1 fully saturated rings. The van der Waals surface area contributed by atoms with E-state index in [-0.39, 0.29) is 12.0 Å². The number of alkyl halides is 3. The molecule has 6 heteroatoms. The van der Waals surface area contributed by atoms with E-state index in [1.165, 1.54) is 4.90 Å². The van der Waals surface area contributed by atoms with E-state index in [1.807, 2.05) is 13.8 Å². The summed E-state index contributed by atoms with van der Waals surface area (Å²) in [5, 5.41) is 8.75. The topological polar surface area (TPSA) is 40.5 Å². The number of hydrogen-bond acceptors (Lipinski definition) is 2. The molecule has 1 saturated carbocycles. The van der Waals surface area contributed by atoms with Gasteiger partial charge in [-0.05, 0) is 18.8 Å². The van der Waals surface area contributed by atoms with Crippen molar-refractivity contribution in [3.8, 4) is 0 Å². The lowest BCUT2D eigenvalue weighted by atomic mass is 10.0. The quantitative estimate of drug-likeness (QED) is 0.812. The second kappa shape index (κ2) is 6.59. The van der Waals surface area contributed by atoms with Crippen molar-refractivity contribution in [2.75, 3.05) is 6.54 Å². The SMILES string of the molecule is CC(C)CN(C1CCCC1)C(CC(=O)O)C(F)(F)F. The number of rotatable bonds is 6. The highest BCUT2D eigenvalue weighted by atomic mass is 19.4. The van der Waals surface area contributed by atoms with E-state index in [1.54, 1.807) is 0 Å². The standard InChI is InChI=1S/C13H22F3NO2/c1-9(2)8-17(10-5-3-4-6-10)11(7-12(18)19)13(14,15)16/h9-11H,3-8H2,1-2H3,(H,18,19). The van der Waals surface area contributed by atoms with Crippen molar-refractivity contribution in [1.82, 2.24) is 4.90 Å². The molecular formula is C13H22F3NO2. The third kappa shape index (κ3) is 5.01. The van der Waals surface area contributed by atoms with Gasteiger partial charge in [-0.25, -0.2) is 0 Å². The summed E-state index contributed by atoms with van der Waals surface area (Å²) < 4.78 is 39.4. The van der Waals surface area contributed by atoms with E-state index in [0.717, 1.165) is 25.7 Å². The lowest BCUT2D eigenvalue weighted by Gasteiger charge is -2.37. The monoisotopic (exact) mass is 281 g/mol. The van der Waals surface area contributed by atoms with Crippen molar-refractivity contribution in [3.05, 3.63) is 0 Å². The van der Waals surface area contributed by atoms with Crippen molar-refractivity contribution in [2.45, 2.75) is 64.2 Å². The van der Waals surface area contributed by atoms with Crippen LogP contribution in [0.2, 0.25) is 0 Å². The molecule has 0 amide bonds. The van der Waals surface area contributed by atoms with Crippen molar-refractivity contribution in [1.29, 1.82) is 0 Å². The van der Waals surface area contributed by atoms with Crippen LogP contribution in [0, 0.1) is 5.92 Å². The summed E-state index contributed by atoms with van der Waals surface area (Å²) in [6.07, 6.45) is -2.03. The zero-order valence-electron chi connectivity index (χ0n) is 11.4. The fourth-order valence-electron chi connectivity index (χ4n) is 2.77. The maximum Gasteiger partial charge on any atom is 0.404 e. The number of carbonyl (C=O) groups is 1. The minimum absolute atomic E-state index is 0.0826. The minimum Gasteiger partial charge on any atom is -0.481 e.